The highest BCUT2D eigenvalue weighted by molar-refractivity contribution is 6.30. The van der Waals surface area contributed by atoms with Gasteiger partial charge in [0.1, 0.15) is 24.7 Å². The number of carbonyl (C=O) groups is 1. The first kappa shape index (κ1) is 15.7. The number of amides is 1. The van der Waals surface area contributed by atoms with Crippen molar-refractivity contribution in [3.05, 3.63) is 64.3 Å². The lowest BCUT2D eigenvalue weighted by molar-refractivity contribution is -0.115. The summed E-state index contributed by atoms with van der Waals surface area (Å²) in [7, 11) is 0. The van der Waals surface area contributed by atoms with Gasteiger partial charge in [-0.25, -0.2) is 4.99 Å². The van der Waals surface area contributed by atoms with E-state index in [1.54, 1.807) is 6.08 Å². The second-order valence-electron chi connectivity index (χ2n) is 5.75. The molecule has 0 bridgehead atoms. The fourth-order valence-electron chi connectivity index (χ4n) is 2.70. The summed E-state index contributed by atoms with van der Waals surface area (Å²) in [5.41, 5.74) is 2.25. The van der Waals surface area contributed by atoms with E-state index in [0.29, 0.717) is 41.9 Å². The molecule has 0 fully saturated rings. The van der Waals surface area contributed by atoms with E-state index in [4.69, 9.17) is 21.1 Å². The Balaban J connectivity index is 1.55. The molecule has 4 rings (SSSR count). The van der Waals surface area contributed by atoms with Gasteiger partial charge in [-0.1, -0.05) is 29.8 Å². The number of carbonyl (C=O) groups excluding carboxylic acids is 1. The molecule has 0 unspecified atom stereocenters. The summed E-state index contributed by atoms with van der Waals surface area (Å²) in [5.74, 6) is 1.82. The molecule has 0 saturated carbocycles. The van der Waals surface area contributed by atoms with Gasteiger partial charge in [0.15, 0.2) is 11.5 Å². The molecule has 2 heterocycles. The van der Waals surface area contributed by atoms with Crippen molar-refractivity contribution in [1.29, 1.82) is 0 Å². The molecule has 2 aliphatic rings. The Hall–Kier alpha value is -2.79. The van der Waals surface area contributed by atoms with E-state index in [-0.39, 0.29) is 5.91 Å². The van der Waals surface area contributed by atoms with Crippen molar-refractivity contribution in [2.45, 2.75) is 6.42 Å². The maximum absolute atomic E-state index is 12.2. The number of benzene rings is 2. The molecule has 25 heavy (non-hydrogen) atoms. The van der Waals surface area contributed by atoms with Crippen LogP contribution in [0.4, 0.5) is 0 Å². The van der Waals surface area contributed by atoms with Crippen molar-refractivity contribution in [2.75, 3.05) is 13.2 Å². The number of hydrogen-bond acceptors (Lipinski definition) is 4. The van der Waals surface area contributed by atoms with Crippen molar-refractivity contribution in [3.63, 3.8) is 0 Å². The van der Waals surface area contributed by atoms with Crippen molar-refractivity contribution in [1.82, 2.24) is 5.32 Å². The lowest BCUT2D eigenvalue weighted by Crippen LogP contribution is -2.25. The van der Waals surface area contributed by atoms with E-state index in [1.165, 1.54) is 0 Å². The molecule has 5 nitrogen and oxygen atoms in total. The summed E-state index contributed by atoms with van der Waals surface area (Å²) in [6, 6.07) is 13.0. The van der Waals surface area contributed by atoms with Gasteiger partial charge in [0.25, 0.3) is 5.91 Å². The second-order valence-corrected chi connectivity index (χ2v) is 6.18. The topological polar surface area (TPSA) is 59.9 Å². The Morgan fingerprint density at radius 3 is 2.64 bits per heavy atom. The summed E-state index contributed by atoms with van der Waals surface area (Å²) in [5, 5.41) is 3.48. The first-order valence-corrected chi connectivity index (χ1v) is 8.30. The second kappa shape index (κ2) is 6.61. The molecule has 2 aliphatic heterocycles. The predicted octanol–water partition coefficient (Wildman–Crippen LogP) is 3.22. The average molecular weight is 355 g/mol. The Morgan fingerprint density at radius 1 is 1.08 bits per heavy atom. The van der Waals surface area contributed by atoms with Crippen LogP contribution in [0.25, 0.3) is 6.08 Å². The van der Waals surface area contributed by atoms with E-state index in [9.17, 15) is 4.79 Å². The zero-order valence-corrected chi connectivity index (χ0v) is 14.0. The quantitative estimate of drug-likeness (QED) is 0.861. The number of rotatable bonds is 3. The van der Waals surface area contributed by atoms with Gasteiger partial charge in [-0.2, -0.15) is 0 Å². The minimum atomic E-state index is -0.209. The van der Waals surface area contributed by atoms with Crippen LogP contribution in [0.3, 0.4) is 0 Å². The Bertz CT molecular complexity index is 888. The van der Waals surface area contributed by atoms with E-state index in [2.05, 4.69) is 10.3 Å². The number of hydrogen-bond donors (Lipinski definition) is 1. The van der Waals surface area contributed by atoms with E-state index in [1.807, 2.05) is 42.5 Å². The van der Waals surface area contributed by atoms with Gasteiger partial charge in [0.05, 0.1) is 0 Å². The summed E-state index contributed by atoms with van der Waals surface area (Å²) in [6.07, 6.45) is 2.28. The molecule has 6 heteroatoms. The van der Waals surface area contributed by atoms with Crippen LogP contribution in [0, 0.1) is 0 Å². The lowest BCUT2D eigenvalue weighted by atomic mass is 10.1. The number of amidine groups is 1. The van der Waals surface area contributed by atoms with Gasteiger partial charge in [-0.3, -0.25) is 4.79 Å². The summed E-state index contributed by atoms with van der Waals surface area (Å²) < 4.78 is 11.1. The van der Waals surface area contributed by atoms with Gasteiger partial charge in [0.2, 0.25) is 0 Å². The van der Waals surface area contributed by atoms with Gasteiger partial charge in [-0.05, 0) is 41.5 Å². The van der Waals surface area contributed by atoms with E-state index in [0.717, 1.165) is 16.9 Å². The minimum absolute atomic E-state index is 0.209. The molecular formula is C19H15ClN2O3. The third-order valence-corrected chi connectivity index (χ3v) is 4.15. The molecule has 0 saturated heterocycles. The number of nitrogens with zero attached hydrogens (tertiary/aromatic N) is 1. The first-order chi connectivity index (χ1) is 12.2. The number of nitrogens with one attached hydrogen (secondary N) is 1. The zero-order chi connectivity index (χ0) is 17.2. The minimum Gasteiger partial charge on any atom is -0.486 e. The first-order valence-electron chi connectivity index (χ1n) is 7.92. The molecule has 1 amide bonds. The Morgan fingerprint density at radius 2 is 1.84 bits per heavy atom. The van der Waals surface area contributed by atoms with Crippen LogP contribution >= 0.6 is 11.6 Å². The molecule has 0 aromatic heterocycles. The molecule has 0 aliphatic carbocycles. The largest absolute Gasteiger partial charge is 0.486 e. The maximum Gasteiger partial charge on any atom is 0.275 e. The number of halogens is 1. The van der Waals surface area contributed by atoms with Gasteiger partial charge in [0, 0.05) is 11.4 Å². The molecule has 126 valence electrons. The van der Waals surface area contributed by atoms with Crippen molar-refractivity contribution in [2.24, 2.45) is 4.99 Å². The highest BCUT2D eigenvalue weighted by atomic mass is 35.5. The molecule has 0 atom stereocenters. The van der Waals surface area contributed by atoms with Crippen LogP contribution in [-0.2, 0) is 11.2 Å². The van der Waals surface area contributed by atoms with Crippen molar-refractivity contribution < 1.29 is 14.3 Å². The van der Waals surface area contributed by atoms with Crippen LogP contribution < -0.4 is 14.8 Å². The molecule has 2 aromatic rings. The van der Waals surface area contributed by atoms with Crippen LogP contribution in [0.2, 0.25) is 5.02 Å². The van der Waals surface area contributed by atoms with Crippen LogP contribution in [0.15, 0.2) is 53.2 Å². The van der Waals surface area contributed by atoms with Gasteiger partial charge < -0.3 is 14.8 Å². The molecular weight excluding hydrogens is 340 g/mol. The van der Waals surface area contributed by atoms with Crippen LogP contribution in [0.1, 0.15) is 11.1 Å². The SMILES string of the molecule is O=C1NC(Cc2ccc(Cl)cc2)=N/C1=C/c1ccc2c(c1)OCCO2. The summed E-state index contributed by atoms with van der Waals surface area (Å²) in [6.45, 7) is 1.07. The summed E-state index contributed by atoms with van der Waals surface area (Å²) in [4.78, 5) is 16.6. The van der Waals surface area contributed by atoms with Crippen molar-refractivity contribution in [3.8, 4) is 11.5 Å². The smallest absolute Gasteiger partial charge is 0.275 e. The summed E-state index contributed by atoms with van der Waals surface area (Å²) >= 11 is 5.89. The van der Waals surface area contributed by atoms with Gasteiger partial charge >= 0.3 is 0 Å². The third kappa shape index (κ3) is 3.51. The maximum atomic E-state index is 12.2. The highest BCUT2D eigenvalue weighted by Gasteiger charge is 2.20. The normalized spacial score (nSPS) is 17.4. The van der Waals surface area contributed by atoms with Crippen LogP contribution in [0.5, 0.6) is 11.5 Å². The fourth-order valence-corrected chi connectivity index (χ4v) is 2.83. The third-order valence-electron chi connectivity index (χ3n) is 3.90. The average Bonchev–Trinajstić information content (AvgIpc) is 2.96. The molecule has 0 spiro atoms. The van der Waals surface area contributed by atoms with E-state index < -0.39 is 0 Å². The monoisotopic (exact) mass is 354 g/mol. The number of aliphatic imine (C=N–C) groups is 1. The Labute approximate surface area is 149 Å². The van der Waals surface area contributed by atoms with Gasteiger partial charge in [-0.15, -0.1) is 0 Å². The van der Waals surface area contributed by atoms with Crippen molar-refractivity contribution >= 4 is 29.4 Å². The fraction of sp³-hybridized carbons (Fsp3) is 0.158. The standard InChI is InChI=1S/C19H15ClN2O3/c20-14-4-1-12(2-5-14)11-18-21-15(19(23)22-18)9-13-3-6-16-17(10-13)25-8-7-24-16/h1-6,9-10H,7-8,11H2,(H,21,22,23)/b15-9+. The number of fused-ring (bicyclic) bond motifs is 1. The van der Waals surface area contributed by atoms with E-state index >= 15 is 0 Å². The molecule has 1 N–H and O–H groups in total. The Kier molecular flexibility index (Phi) is 4.15. The number of ether oxygens (including phenoxy) is 2. The molecule has 0 radical (unpaired) electrons. The predicted molar refractivity (Wildman–Crippen MR) is 96.1 cm³/mol. The molecule has 2 aromatic carbocycles. The lowest BCUT2D eigenvalue weighted by Gasteiger charge is -2.18. The zero-order valence-electron chi connectivity index (χ0n) is 13.3. The highest BCUT2D eigenvalue weighted by Crippen LogP contribution is 2.31. The van der Waals surface area contributed by atoms with Crippen LogP contribution in [-0.4, -0.2) is 25.0 Å².